The lowest BCUT2D eigenvalue weighted by Crippen LogP contribution is -2.38. The zero-order chi connectivity index (χ0) is 21.8. The average molecular weight is 421 g/mol. The lowest BCUT2D eigenvalue weighted by atomic mass is 9.77. The molecular formula is C27H36N2O2. The van der Waals surface area contributed by atoms with E-state index in [9.17, 15) is 0 Å². The van der Waals surface area contributed by atoms with Crippen LogP contribution in [0.4, 0.5) is 5.69 Å². The van der Waals surface area contributed by atoms with Crippen LogP contribution in [0.1, 0.15) is 43.9 Å². The molecule has 4 nitrogen and oxygen atoms in total. The smallest absolute Gasteiger partial charge is 0.119 e. The standard InChI is InChI=1S/C27H36N2O2/c1-21(23-7-10-26-25(20-23)27(2,3)11-12-28(26)4)19-22-5-8-24(9-6-22)31-18-15-29-13-16-30-17-14-29/h5-10,19-20H,11-18H2,1-4H3/b21-19+. The number of fused-ring (bicyclic) bond motifs is 1. The molecule has 0 aliphatic carbocycles. The Labute approximate surface area is 187 Å². The molecular weight excluding hydrogens is 384 g/mol. The first-order valence-electron chi connectivity index (χ1n) is 11.5. The summed E-state index contributed by atoms with van der Waals surface area (Å²) in [5.74, 6) is 0.932. The van der Waals surface area contributed by atoms with Crippen molar-refractivity contribution in [3.05, 3.63) is 59.2 Å². The number of benzene rings is 2. The van der Waals surface area contributed by atoms with Crippen LogP contribution in [0.25, 0.3) is 11.6 Å². The molecule has 0 radical (unpaired) electrons. The van der Waals surface area contributed by atoms with E-state index in [2.05, 4.69) is 86.2 Å². The fraction of sp³-hybridized carbons (Fsp3) is 0.481. The summed E-state index contributed by atoms with van der Waals surface area (Å²) in [7, 11) is 2.20. The molecule has 0 saturated carbocycles. The van der Waals surface area contributed by atoms with Gasteiger partial charge in [0.25, 0.3) is 0 Å². The van der Waals surface area contributed by atoms with Crippen LogP contribution in [0.15, 0.2) is 42.5 Å². The van der Waals surface area contributed by atoms with Crippen LogP contribution >= 0.6 is 0 Å². The lowest BCUT2D eigenvalue weighted by molar-refractivity contribution is 0.0322. The highest BCUT2D eigenvalue weighted by Crippen LogP contribution is 2.40. The fourth-order valence-corrected chi connectivity index (χ4v) is 4.47. The van der Waals surface area contributed by atoms with E-state index in [0.29, 0.717) is 6.61 Å². The van der Waals surface area contributed by atoms with E-state index in [-0.39, 0.29) is 5.41 Å². The van der Waals surface area contributed by atoms with E-state index in [0.717, 1.165) is 45.1 Å². The highest BCUT2D eigenvalue weighted by atomic mass is 16.5. The number of hydrogen-bond acceptors (Lipinski definition) is 4. The molecule has 2 aromatic carbocycles. The van der Waals surface area contributed by atoms with Gasteiger partial charge < -0.3 is 14.4 Å². The maximum absolute atomic E-state index is 5.94. The molecule has 4 heteroatoms. The summed E-state index contributed by atoms with van der Waals surface area (Å²) in [5.41, 5.74) is 6.83. The first-order chi connectivity index (χ1) is 14.9. The number of hydrogen-bond donors (Lipinski definition) is 0. The van der Waals surface area contributed by atoms with Crippen molar-refractivity contribution in [3.8, 4) is 5.75 Å². The van der Waals surface area contributed by atoms with Crippen LogP contribution in [0.5, 0.6) is 5.75 Å². The van der Waals surface area contributed by atoms with Crippen LogP contribution in [0, 0.1) is 0 Å². The maximum atomic E-state index is 5.94. The zero-order valence-electron chi connectivity index (χ0n) is 19.5. The Balaban J connectivity index is 1.40. The Morgan fingerprint density at radius 2 is 1.81 bits per heavy atom. The van der Waals surface area contributed by atoms with Gasteiger partial charge in [-0.3, -0.25) is 4.90 Å². The Bertz CT molecular complexity index is 911. The normalized spacial score (nSPS) is 19.2. The van der Waals surface area contributed by atoms with Crippen molar-refractivity contribution in [1.29, 1.82) is 0 Å². The Kier molecular flexibility index (Phi) is 6.68. The van der Waals surface area contributed by atoms with Crippen molar-refractivity contribution < 1.29 is 9.47 Å². The number of morpholine rings is 1. The van der Waals surface area contributed by atoms with Gasteiger partial charge in [0.2, 0.25) is 0 Å². The van der Waals surface area contributed by atoms with Gasteiger partial charge in [0.1, 0.15) is 12.4 Å². The summed E-state index contributed by atoms with van der Waals surface area (Å²) < 4.78 is 11.3. The van der Waals surface area contributed by atoms with E-state index >= 15 is 0 Å². The minimum atomic E-state index is 0.221. The first kappa shape index (κ1) is 21.9. The lowest BCUT2D eigenvalue weighted by Gasteiger charge is -2.38. The largest absolute Gasteiger partial charge is 0.492 e. The molecule has 0 bridgehead atoms. The van der Waals surface area contributed by atoms with Crippen molar-refractivity contribution in [3.63, 3.8) is 0 Å². The molecule has 0 unspecified atom stereocenters. The van der Waals surface area contributed by atoms with E-state index in [1.54, 1.807) is 0 Å². The molecule has 2 aromatic rings. The summed E-state index contributed by atoms with van der Waals surface area (Å²) in [6, 6.07) is 15.4. The molecule has 0 amide bonds. The highest BCUT2D eigenvalue weighted by molar-refractivity contribution is 5.81. The third-order valence-corrected chi connectivity index (χ3v) is 6.71. The number of anilines is 1. The van der Waals surface area contributed by atoms with E-state index < -0.39 is 0 Å². The summed E-state index contributed by atoms with van der Waals surface area (Å²) in [4.78, 5) is 4.77. The molecule has 2 aliphatic heterocycles. The molecule has 2 heterocycles. The van der Waals surface area contributed by atoms with Gasteiger partial charge >= 0.3 is 0 Å². The summed E-state index contributed by atoms with van der Waals surface area (Å²) in [6.45, 7) is 13.4. The van der Waals surface area contributed by atoms with Crippen LogP contribution in [0.3, 0.4) is 0 Å². The molecule has 1 saturated heterocycles. The van der Waals surface area contributed by atoms with Crippen molar-refractivity contribution in [2.24, 2.45) is 0 Å². The molecule has 2 aliphatic rings. The maximum Gasteiger partial charge on any atom is 0.119 e. The predicted molar refractivity (Wildman–Crippen MR) is 130 cm³/mol. The molecule has 4 rings (SSSR count). The van der Waals surface area contributed by atoms with Gasteiger partial charge in [-0.2, -0.15) is 0 Å². The Hall–Kier alpha value is -2.30. The summed E-state index contributed by atoms with van der Waals surface area (Å²) >= 11 is 0. The number of nitrogens with zero attached hydrogens (tertiary/aromatic N) is 2. The van der Waals surface area contributed by atoms with E-state index in [1.807, 2.05) is 0 Å². The highest BCUT2D eigenvalue weighted by Gasteiger charge is 2.29. The third kappa shape index (κ3) is 5.31. The fourth-order valence-electron chi connectivity index (χ4n) is 4.47. The Morgan fingerprint density at radius 1 is 1.06 bits per heavy atom. The Morgan fingerprint density at radius 3 is 2.55 bits per heavy atom. The second kappa shape index (κ2) is 9.46. The minimum absolute atomic E-state index is 0.221. The molecule has 0 atom stereocenters. The van der Waals surface area contributed by atoms with Gasteiger partial charge in [0.15, 0.2) is 0 Å². The van der Waals surface area contributed by atoms with Gasteiger partial charge in [0.05, 0.1) is 13.2 Å². The van der Waals surface area contributed by atoms with Crippen molar-refractivity contribution in [2.75, 3.05) is 57.9 Å². The van der Waals surface area contributed by atoms with E-state index in [1.165, 1.54) is 34.4 Å². The molecule has 0 N–H and O–H groups in total. The second-order valence-electron chi connectivity index (χ2n) is 9.49. The van der Waals surface area contributed by atoms with Crippen LogP contribution in [-0.4, -0.2) is 57.9 Å². The molecule has 0 aromatic heterocycles. The zero-order valence-corrected chi connectivity index (χ0v) is 19.5. The topological polar surface area (TPSA) is 24.9 Å². The number of rotatable bonds is 6. The third-order valence-electron chi connectivity index (χ3n) is 6.71. The van der Waals surface area contributed by atoms with Gasteiger partial charge in [-0.05, 0) is 65.3 Å². The van der Waals surface area contributed by atoms with Crippen molar-refractivity contribution in [2.45, 2.75) is 32.6 Å². The van der Waals surface area contributed by atoms with Crippen LogP contribution in [0.2, 0.25) is 0 Å². The van der Waals surface area contributed by atoms with Crippen LogP contribution in [-0.2, 0) is 10.2 Å². The van der Waals surface area contributed by atoms with Crippen LogP contribution < -0.4 is 9.64 Å². The summed E-state index contributed by atoms with van der Waals surface area (Å²) in [5, 5.41) is 0. The summed E-state index contributed by atoms with van der Waals surface area (Å²) in [6.07, 6.45) is 3.45. The number of allylic oxidation sites excluding steroid dienone is 1. The molecule has 0 spiro atoms. The monoisotopic (exact) mass is 420 g/mol. The number of ether oxygens (including phenoxy) is 2. The SMILES string of the molecule is C/C(=C\c1ccc(OCCN2CCOCC2)cc1)c1ccc2c(c1)C(C)(C)CCN2C. The van der Waals surface area contributed by atoms with E-state index in [4.69, 9.17) is 9.47 Å². The molecule has 166 valence electrons. The quantitative estimate of drug-likeness (QED) is 0.609. The molecule has 31 heavy (non-hydrogen) atoms. The van der Waals surface area contributed by atoms with Gasteiger partial charge in [-0.25, -0.2) is 0 Å². The molecule has 1 fully saturated rings. The van der Waals surface area contributed by atoms with Gasteiger partial charge in [-0.1, -0.05) is 38.1 Å². The first-order valence-corrected chi connectivity index (χ1v) is 11.5. The van der Waals surface area contributed by atoms with Gasteiger partial charge in [-0.15, -0.1) is 0 Å². The van der Waals surface area contributed by atoms with Gasteiger partial charge in [0, 0.05) is 38.9 Å². The second-order valence-corrected chi connectivity index (χ2v) is 9.49. The van der Waals surface area contributed by atoms with Crippen molar-refractivity contribution in [1.82, 2.24) is 4.90 Å². The minimum Gasteiger partial charge on any atom is -0.492 e. The predicted octanol–water partition coefficient (Wildman–Crippen LogP) is 5.08. The average Bonchev–Trinajstić information content (AvgIpc) is 2.78. The van der Waals surface area contributed by atoms with Crippen molar-refractivity contribution >= 4 is 17.3 Å².